The topological polar surface area (TPSA) is 32.3 Å². The molecule has 1 amide bonds. The molecule has 2 aromatic carbocycles. The second-order valence-electron chi connectivity index (χ2n) is 6.38. The molecule has 1 aliphatic heterocycles. The highest BCUT2D eigenvalue weighted by molar-refractivity contribution is 6.31. The average Bonchev–Trinajstić information content (AvgIpc) is 2.56. The Balaban J connectivity index is 1.87. The van der Waals surface area contributed by atoms with Crippen molar-refractivity contribution in [3.8, 4) is 0 Å². The molecule has 0 unspecified atom stereocenters. The Kier molecular flexibility index (Phi) is 3.53. The first-order valence-corrected chi connectivity index (χ1v) is 8.55. The molecular weight excluding hydrogens is 308 g/mol. The normalized spacial score (nSPS) is 19.3. The van der Waals surface area contributed by atoms with E-state index in [0.29, 0.717) is 5.02 Å². The Hall–Kier alpha value is -2.00. The van der Waals surface area contributed by atoms with Crippen LogP contribution >= 0.6 is 11.6 Å². The fourth-order valence-electron chi connectivity index (χ4n) is 3.86. The van der Waals surface area contributed by atoms with Gasteiger partial charge in [0.2, 0.25) is 0 Å². The molecule has 4 rings (SSSR count). The number of hydrogen-bond acceptors (Lipinski definition) is 2. The van der Waals surface area contributed by atoms with Crippen LogP contribution in [0.25, 0.3) is 0 Å². The first-order valence-electron chi connectivity index (χ1n) is 8.17. The van der Waals surface area contributed by atoms with Crippen LogP contribution < -0.4 is 10.2 Å². The first kappa shape index (κ1) is 14.6. The number of rotatable bonds is 1. The van der Waals surface area contributed by atoms with E-state index in [4.69, 9.17) is 11.6 Å². The summed E-state index contributed by atoms with van der Waals surface area (Å²) in [4.78, 5) is 15.2. The lowest BCUT2D eigenvalue weighted by Gasteiger charge is -2.50. The van der Waals surface area contributed by atoms with Crippen molar-refractivity contribution in [1.29, 1.82) is 0 Å². The third-order valence-corrected chi connectivity index (χ3v) is 5.14. The monoisotopic (exact) mass is 326 g/mol. The number of anilines is 2. The van der Waals surface area contributed by atoms with Crippen LogP contribution in [0.15, 0.2) is 48.5 Å². The van der Waals surface area contributed by atoms with Gasteiger partial charge in [-0.1, -0.05) is 36.2 Å². The standard InChI is InChI=1S/C19H19ClN2O/c20-14-7-6-8-15(13-14)22-18(23)16-9-2-3-10-17(16)21-19(22)11-4-1-5-12-19/h2-3,6-10,13,21H,1,4-5,11-12H2. The van der Waals surface area contributed by atoms with Crippen molar-refractivity contribution in [1.82, 2.24) is 0 Å². The number of para-hydroxylation sites is 1. The number of amides is 1. The molecule has 1 heterocycles. The quantitative estimate of drug-likeness (QED) is 0.793. The van der Waals surface area contributed by atoms with Gasteiger partial charge in [-0.25, -0.2) is 0 Å². The van der Waals surface area contributed by atoms with Gasteiger partial charge < -0.3 is 5.32 Å². The molecule has 3 nitrogen and oxygen atoms in total. The predicted molar refractivity (Wildman–Crippen MR) is 94.1 cm³/mol. The number of halogens is 1. The van der Waals surface area contributed by atoms with Gasteiger partial charge in [-0.05, 0) is 56.0 Å². The molecule has 4 heteroatoms. The van der Waals surface area contributed by atoms with Crippen LogP contribution in [-0.2, 0) is 0 Å². The van der Waals surface area contributed by atoms with Gasteiger partial charge in [-0.2, -0.15) is 0 Å². The fourth-order valence-corrected chi connectivity index (χ4v) is 4.05. The average molecular weight is 327 g/mol. The first-order chi connectivity index (χ1) is 11.2. The van der Waals surface area contributed by atoms with Crippen molar-refractivity contribution in [3.63, 3.8) is 0 Å². The summed E-state index contributed by atoms with van der Waals surface area (Å²) in [6.45, 7) is 0. The lowest BCUT2D eigenvalue weighted by molar-refractivity contribution is 0.0938. The minimum atomic E-state index is -0.339. The molecule has 0 radical (unpaired) electrons. The molecule has 0 aromatic heterocycles. The Morgan fingerprint density at radius 2 is 1.78 bits per heavy atom. The Morgan fingerprint density at radius 1 is 1.00 bits per heavy atom. The van der Waals surface area contributed by atoms with Crippen molar-refractivity contribution < 1.29 is 4.79 Å². The second kappa shape index (κ2) is 5.57. The van der Waals surface area contributed by atoms with Gasteiger partial charge in [0, 0.05) is 16.4 Å². The minimum absolute atomic E-state index is 0.0588. The summed E-state index contributed by atoms with van der Waals surface area (Å²) in [5, 5.41) is 4.33. The Labute approximate surface area is 141 Å². The summed E-state index contributed by atoms with van der Waals surface area (Å²) in [5.41, 5.74) is 2.20. The number of hydrogen-bond donors (Lipinski definition) is 1. The smallest absolute Gasteiger partial charge is 0.262 e. The van der Waals surface area contributed by atoms with E-state index in [9.17, 15) is 4.79 Å². The van der Waals surface area contributed by atoms with Gasteiger partial charge in [0.1, 0.15) is 5.66 Å². The van der Waals surface area contributed by atoms with Gasteiger partial charge in [0.25, 0.3) is 5.91 Å². The summed E-state index contributed by atoms with van der Waals surface area (Å²) in [7, 11) is 0. The highest BCUT2D eigenvalue weighted by Crippen LogP contribution is 2.43. The molecule has 0 bridgehead atoms. The highest BCUT2D eigenvalue weighted by Gasteiger charge is 2.45. The zero-order valence-electron chi connectivity index (χ0n) is 12.9. The van der Waals surface area contributed by atoms with E-state index in [0.717, 1.165) is 42.6 Å². The second-order valence-corrected chi connectivity index (χ2v) is 6.82. The van der Waals surface area contributed by atoms with Crippen LogP contribution in [0.2, 0.25) is 5.02 Å². The van der Waals surface area contributed by atoms with Crippen LogP contribution in [0, 0.1) is 0 Å². The van der Waals surface area contributed by atoms with Crippen LogP contribution in [0.4, 0.5) is 11.4 Å². The predicted octanol–water partition coefficient (Wildman–Crippen LogP) is 5.07. The van der Waals surface area contributed by atoms with Crippen LogP contribution in [-0.4, -0.2) is 11.6 Å². The molecule has 0 saturated heterocycles. The van der Waals surface area contributed by atoms with Gasteiger partial charge in [-0.3, -0.25) is 9.69 Å². The van der Waals surface area contributed by atoms with Crippen molar-refractivity contribution in [2.45, 2.75) is 37.8 Å². The lowest BCUT2D eigenvalue weighted by Crippen LogP contribution is -2.61. The van der Waals surface area contributed by atoms with E-state index in [1.54, 1.807) is 0 Å². The third kappa shape index (κ3) is 2.40. The summed E-state index contributed by atoms with van der Waals surface area (Å²) in [6.07, 6.45) is 5.39. The molecule has 1 aliphatic carbocycles. The molecule has 2 aromatic rings. The summed E-state index contributed by atoms with van der Waals surface area (Å²) < 4.78 is 0. The molecule has 23 heavy (non-hydrogen) atoms. The number of nitrogens with zero attached hydrogens (tertiary/aromatic N) is 1. The van der Waals surface area contributed by atoms with E-state index in [1.807, 2.05) is 53.4 Å². The molecule has 1 N–H and O–H groups in total. The summed E-state index contributed by atoms with van der Waals surface area (Å²) in [6, 6.07) is 15.4. The SMILES string of the molecule is O=C1c2ccccc2NC2(CCCCC2)N1c1cccc(Cl)c1. The van der Waals surface area contributed by atoms with E-state index >= 15 is 0 Å². The Morgan fingerprint density at radius 3 is 2.57 bits per heavy atom. The number of nitrogens with one attached hydrogen (secondary N) is 1. The number of carbonyl (C=O) groups excluding carboxylic acids is 1. The highest BCUT2D eigenvalue weighted by atomic mass is 35.5. The molecule has 1 fully saturated rings. The van der Waals surface area contributed by atoms with E-state index < -0.39 is 0 Å². The molecule has 0 atom stereocenters. The van der Waals surface area contributed by atoms with Gasteiger partial charge in [-0.15, -0.1) is 0 Å². The van der Waals surface area contributed by atoms with Gasteiger partial charge in [0.05, 0.1) is 5.56 Å². The van der Waals surface area contributed by atoms with E-state index in [-0.39, 0.29) is 11.6 Å². The van der Waals surface area contributed by atoms with Crippen molar-refractivity contribution in [3.05, 3.63) is 59.1 Å². The third-order valence-electron chi connectivity index (χ3n) is 4.90. The molecule has 1 spiro atoms. The van der Waals surface area contributed by atoms with Gasteiger partial charge in [0.15, 0.2) is 0 Å². The van der Waals surface area contributed by atoms with Crippen LogP contribution in [0.1, 0.15) is 42.5 Å². The molecule has 2 aliphatic rings. The van der Waals surface area contributed by atoms with Crippen LogP contribution in [0.5, 0.6) is 0 Å². The maximum absolute atomic E-state index is 13.2. The van der Waals surface area contributed by atoms with Gasteiger partial charge >= 0.3 is 0 Å². The Bertz CT molecular complexity index is 753. The van der Waals surface area contributed by atoms with E-state index in [1.165, 1.54) is 6.42 Å². The van der Waals surface area contributed by atoms with Crippen LogP contribution in [0.3, 0.4) is 0 Å². The molecule has 118 valence electrons. The molecule has 1 saturated carbocycles. The van der Waals surface area contributed by atoms with Crippen molar-refractivity contribution in [2.24, 2.45) is 0 Å². The minimum Gasteiger partial charge on any atom is -0.362 e. The number of carbonyl (C=O) groups is 1. The maximum atomic E-state index is 13.2. The maximum Gasteiger partial charge on any atom is 0.262 e. The van der Waals surface area contributed by atoms with Crippen molar-refractivity contribution >= 4 is 28.9 Å². The molecular formula is C19H19ClN2O. The number of benzene rings is 2. The zero-order chi connectivity index (χ0) is 15.9. The summed E-state index contributed by atoms with van der Waals surface area (Å²) >= 11 is 6.18. The fraction of sp³-hybridized carbons (Fsp3) is 0.316. The largest absolute Gasteiger partial charge is 0.362 e. The summed E-state index contributed by atoms with van der Waals surface area (Å²) in [5.74, 6) is 0.0588. The van der Waals surface area contributed by atoms with E-state index in [2.05, 4.69) is 5.32 Å². The lowest BCUT2D eigenvalue weighted by atomic mass is 9.84. The van der Waals surface area contributed by atoms with Crippen molar-refractivity contribution in [2.75, 3.05) is 10.2 Å². The zero-order valence-corrected chi connectivity index (χ0v) is 13.6. The number of fused-ring (bicyclic) bond motifs is 1.